The van der Waals surface area contributed by atoms with Gasteiger partial charge in [0.05, 0.1) is 6.61 Å². The second-order valence-corrected chi connectivity index (χ2v) is 4.89. The van der Waals surface area contributed by atoms with E-state index in [1.807, 2.05) is 13.8 Å². The van der Waals surface area contributed by atoms with E-state index < -0.39 is 11.4 Å². The molecule has 0 radical (unpaired) electrons. The summed E-state index contributed by atoms with van der Waals surface area (Å²) in [5, 5.41) is 9.13. The number of carbonyl (C=O) groups excluding carboxylic acids is 1. The molecule has 0 rings (SSSR count). The van der Waals surface area contributed by atoms with Gasteiger partial charge in [0.25, 0.3) is 0 Å². The van der Waals surface area contributed by atoms with Crippen LogP contribution in [0.2, 0.25) is 0 Å². The fraction of sp³-hybridized carbons (Fsp3) is 0.846. The van der Waals surface area contributed by atoms with Crippen LogP contribution in [0.25, 0.3) is 0 Å². The third kappa shape index (κ3) is 3.98. The number of aliphatic carboxylic acids is 1. The Balaban J connectivity index is 5.06. The van der Waals surface area contributed by atoms with Crippen molar-refractivity contribution >= 4 is 11.9 Å². The molecule has 0 unspecified atom stereocenters. The molecular weight excluding hydrogens is 234 g/mol. The van der Waals surface area contributed by atoms with Crippen LogP contribution >= 0.6 is 0 Å². The van der Waals surface area contributed by atoms with Crippen molar-refractivity contribution in [1.29, 1.82) is 0 Å². The van der Waals surface area contributed by atoms with Crippen molar-refractivity contribution in [2.75, 3.05) is 20.3 Å². The van der Waals surface area contributed by atoms with Gasteiger partial charge in [0.2, 0.25) is 5.91 Å². The van der Waals surface area contributed by atoms with E-state index in [4.69, 9.17) is 9.84 Å². The summed E-state index contributed by atoms with van der Waals surface area (Å²) in [6.45, 7) is 7.72. The van der Waals surface area contributed by atoms with Crippen molar-refractivity contribution in [3.8, 4) is 0 Å². The topological polar surface area (TPSA) is 66.8 Å². The number of ether oxygens (including phenoxy) is 1. The summed E-state index contributed by atoms with van der Waals surface area (Å²) in [5.41, 5.74) is -1.39. The second-order valence-electron chi connectivity index (χ2n) is 4.89. The third-order valence-electron chi connectivity index (χ3n) is 3.25. The molecule has 0 aliphatic carbocycles. The van der Waals surface area contributed by atoms with E-state index >= 15 is 0 Å². The third-order valence-corrected chi connectivity index (χ3v) is 3.25. The lowest BCUT2D eigenvalue weighted by Crippen LogP contribution is -2.50. The zero-order valence-electron chi connectivity index (χ0n) is 12.0. The first-order chi connectivity index (χ1) is 8.32. The highest BCUT2D eigenvalue weighted by molar-refractivity contribution is 6.01. The molecule has 0 aliphatic heterocycles. The van der Waals surface area contributed by atoms with Crippen molar-refractivity contribution in [3.63, 3.8) is 0 Å². The minimum absolute atomic E-state index is 0.0614. The van der Waals surface area contributed by atoms with Crippen LogP contribution in [0.15, 0.2) is 0 Å². The number of amides is 1. The zero-order chi connectivity index (χ0) is 14.3. The first kappa shape index (κ1) is 16.9. The molecule has 0 fully saturated rings. The first-order valence-corrected chi connectivity index (χ1v) is 6.36. The Hall–Kier alpha value is -1.10. The van der Waals surface area contributed by atoms with Gasteiger partial charge in [0.1, 0.15) is 5.41 Å². The van der Waals surface area contributed by atoms with E-state index in [9.17, 15) is 9.59 Å². The lowest BCUT2D eigenvalue weighted by atomic mass is 9.90. The van der Waals surface area contributed by atoms with Crippen LogP contribution in [0, 0.1) is 5.41 Å². The highest BCUT2D eigenvalue weighted by atomic mass is 16.5. The molecule has 0 saturated carbocycles. The van der Waals surface area contributed by atoms with E-state index in [1.54, 1.807) is 12.0 Å². The number of methoxy groups -OCH3 is 1. The van der Waals surface area contributed by atoms with Gasteiger partial charge in [-0.1, -0.05) is 13.8 Å². The zero-order valence-corrected chi connectivity index (χ0v) is 12.0. The predicted octanol–water partition coefficient (Wildman–Crippen LogP) is 1.76. The maximum atomic E-state index is 12.4. The van der Waals surface area contributed by atoms with Crippen LogP contribution in [0.1, 0.15) is 40.5 Å². The average Bonchev–Trinajstić information content (AvgIpc) is 2.33. The van der Waals surface area contributed by atoms with Gasteiger partial charge in [-0.25, -0.2) is 0 Å². The highest BCUT2D eigenvalue weighted by Crippen LogP contribution is 2.22. The van der Waals surface area contributed by atoms with Crippen molar-refractivity contribution < 1.29 is 19.4 Å². The van der Waals surface area contributed by atoms with E-state index in [0.29, 0.717) is 13.2 Å². The number of nitrogens with zero attached hydrogens (tertiary/aromatic N) is 1. The molecule has 0 saturated heterocycles. The van der Waals surface area contributed by atoms with E-state index in [1.165, 1.54) is 13.8 Å². The van der Waals surface area contributed by atoms with Gasteiger partial charge in [-0.15, -0.1) is 0 Å². The monoisotopic (exact) mass is 259 g/mol. The Kier molecular flexibility index (Phi) is 6.91. The molecule has 18 heavy (non-hydrogen) atoms. The first-order valence-electron chi connectivity index (χ1n) is 6.36. The lowest BCUT2D eigenvalue weighted by molar-refractivity contribution is -0.159. The van der Waals surface area contributed by atoms with Crippen LogP contribution in [0.5, 0.6) is 0 Å². The summed E-state index contributed by atoms with van der Waals surface area (Å²) in [7, 11) is 1.57. The summed E-state index contributed by atoms with van der Waals surface area (Å²) in [4.78, 5) is 25.2. The Bertz CT molecular complexity index is 285. The predicted molar refractivity (Wildman–Crippen MR) is 69.4 cm³/mol. The van der Waals surface area contributed by atoms with Gasteiger partial charge >= 0.3 is 5.97 Å². The molecule has 5 heteroatoms. The van der Waals surface area contributed by atoms with E-state index in [0.717, 1.165) is 12.8 Å². The fourth-order valence-corrected chi connectivity index (χ4v) is 1.82. The standard InChI is InChI=1S/C13H25NO4/c1-6-10(7-2)14(8-9-18-5)11(15)13(3,4)12(16)17/h10H,6-9H2,1-5H3,(H,16,17). The molecule has 0 spiro atoms. The summed E-state index contributed by atoms with van der Waals surface area (Å²) < 4.78 is 4.99. The van der Waals surface area contributed by atoms with Crippen LogP contribution in [-0.4, -0.2) is 48.2 Å². The summed E-state index contributed by atoms with van der Waals surface area (Å²) in [5.74, 6) is -1.44. The largest absolute Gasteiger partial charge is 0.480 e. The van der Waals surface area contributed by atoms with Gasteiger partial charge in [-0.2, -0.15) is 0 Å². The molecule has 0 bridgehead atoms. The molecule has 106 valence electrons. The molecule has 5 nitrogen and oxygen atoms in total. The quantitative estimate of drug-likeness (QED) is 0.674. The Morgan fingerprint density at radius 2 is 1.78 bits per heavy atom. The van der Waals surface area contributed by atoms with E-state index in [2.05, 4.69) is 0 Å². The van der Waals surface area contributed by atoms with Crippen LogP contribution in [-0.2, 0) is 14.3 Å². The molecule has 0 atom stereocenters. The number of hydrogen-bond donors (Lipinski definition) is 1. The fourth-order valence-electron chi connectivity index (χ4n) is 1.82. The van der Waals surface area contributed by atoms with Crippen molar-refractivity contribution in [1.82, 2.24) is 4.90 Å². The second kappa shape index (κ2) is 7.36. The summed E-state index contributed by atoms with van der Waals surface area (Å²) in [6, 6.07) is 0.0614. The van der Waals surface area contributed by atoms with Gasteiger partial charge in [0, 0.05) is 19.7 Å². The molecular formula is C13H25NO4. The molecule has 0 heterocycles. The SMILES string of the molecule is CCC(CC)N(CCOC)C(=O)C(C)(C)C(=O)O. The lowest BCUT2D eigenvalue weighted by Gasteiger charge is -2.35. The maximum absolute atomic E-state index is 12.4. The van der Waals surface area contributed by atoms with Crippen molar-refractivity contribution in [3.05, 3.63) is 0 Å². The molecule has 1 N–H and O–H groups in total. The Morgan fingerprint density at radius 1 is 1.28 bits per heavy atom. The maximum Gasteiger partial charge on any atom is 0.318 e. The van der Waals surface area contributed by atoms with Crippen LogP contribution in [0.3, 0.4) is 0 Å². The molecule has 0 aromatic rings. The number of carboxylic acid groups (broad SMARTS) is 1. The average molecular weight is 259 g/mol. The Morgan fingerprint density at radius 3 is 2.11 bits per heavy atom. The normalized spacial score (nSPS) is 11.7. The van der Waals surface area contributed by atoms with Gasteiger partial charge in [0.15, 0.2) is 0 Å². The molecule has 1 amide bonds. The van der Waals surface area contributed by atoms with E-state index in [-0.39, 0.29) is 11.9 Å². The van der Waals surface area contributed by atoms with Gasteiger partial charge < -0.3 is 14.7 Å². The Labute approximate surface area is 109 Å². The van der Waals surface area contributed by atoms with Crippen molar-refractivity contribution in [2.45, 2.75) is 46.6 Å². The molecule has 0 aromatic heterocycles. The summed E-state index contributed by atoms with van der Waals surface area (Å²) in [6.07, 6.45) is 1.61. The van der Waals surface area contributed by atoms with Crippen LogP contribution in [0.4, 0.5) is 0 Å². The smallest absolute Gasteiger partial charge is 0.318 e. The summed E-state index contributed by atoms with van der Waals surface area (Å²) >= 11 is 0. The van der Waals surface area contributed by atoms with Crippen molar-refractivity contribution in [2.24, 2.45) is 5.41 Å². The minimum Gasteiger partial charge on any atom is -0.480 e. The van der Waals surface area contributed by atoms with Crippen LogP contribution < -0.4 is 0 Å². The number of hydrogen-bond acceptors (Lipinski definition) is 3. The number of rotatable bonds is 8. The molecule has 0 aromatic carbocycles. The number of carbonyl (C=O) groups is 2. The highest BCUT2D eigenvalue weighted by Gasteiger charge is 2.40. The van der Waals surface area contributed by atoms with Gasteiger partial charge in [-0.3, -0.25) is 9.59 Å². The number of carboxylic acids is 1. The minimum atomic E-state index is -1.39. The van der Waals surface area contributed by atoms with Gasteiger partial charge in [-0.05, 0) is 26.7 Å². The molecule has 0 aliphatic rings.